The van der Waals surface area contributed by atoms with E-state index in [1.165, 1.54) is 0 Å². The Labute approximate surface area is 102 Å². The number of methoxy groups -OCH3 is 1. The molecule has 1 saturated carbocycles. The first-order valence-corrected chi connectivity index (χ1v) is 5.95. The molecular formula is C13H18N2O2. The molecule has 1 fully saturated rings. The first-order valence-electron chi connectivity index (χ1n) is 5.95. The maximum atomic E-state index is 11.2. The summed E-state index contributed by atoms with van der Waals surface area (Å²) in [6.45, 7) is 0. The van der Waals surface area contributed by atoms with E-state index in [9.17, 15) is 4.79 Å². The molecule has 0 atom stereocenters. The molecule has 0 radical (unpaired) electrons. The summed E-state index contributed by atoms with van der Waals surface area (Å²) in [4.78, 5) is 17.5. The molecular weight excluding hydrogens is 216 g/mol. The van der Waals surface area contributed by atoms with E-state index in [1.807, 2.05) is 12.1 Å². The van der Waals surface area contributed by atoms with Crippen LogP contribution in [0.2, 0.25) is 0 Å². The molecule has 0 amide bonds. The fraction of sp³-hybridized carbons (Fsp3) is 0.538. The molecule has 0 aliphatic heterocycles. The van der Waals surface area contributed by atoms with Crippen molar-refractivity contribution in [3.8, 4) is 5.88 Å². The first-order chi connectivity index (χ1) is 8.20. The van der Waals surface area contributed by atoms with Crippen LogP contribution in [0.25, 0.3) is 0 Å². The maximum Gasteiger partial charge on any atom is 0.214 e. The number of carbonyl (C=O) groups excluding carboxylic acids is 1. The van der Waals surface area contributed by atoms with Crippen LogP contribution in [0.4, 0.5) is 5.69 Å². The van der Waals surface area contributed by atoms with Crippen molar-refractivity contribution in [3.63, 3.8) is 0 Å². The summed E-state index contributed by atoms with van der Waals surface area (Å²) >= 11 is 0. The van der Waals surface area contributed by atoms with Gasteiger partial charge in [0.15, 0.2) is 0 Å². The fourth-order valence-corrected chi connectivity index (χ4v) is 2.25. The second-order valence-corrected chi connectivity index (χ2v) is 4.44. The highest BCUT2D eigenvalue weighted by Gasteiger charge is 2.22. The van der Waals surface area contributed by atoms with E-state index in [-0.39, 0.29) is 0 Å². The van der Waals surface area contributed by atoms with Gasteiger partial charge in [0.25, 0.3) is 0 Å². The number of aromatic nitrogens is 1. The SMILES string of the molecule is COc1cc(N(C)C2CCC(=O)CC2)ccn1. The van der Waals surface area contributed by atoms with Gasteiger partial charge < -0.3 is 9.64 Å². The van der Waals surface area contributed by atoms with Crippen LogP contribution in [0, 0.1) is 0 Å². The molecule has 17 heavy (non-hydrogen) atoms. The maximum absolute atomic E-state index is 11.2. The molecule has 92 valence electrons. The minimum atomic E-state index is 0.391. The second-order valence-electron chi connectivity index (χ2n) is 4.44. The Balaban J connectivity index is 2.07. The van der Waals surface area contributed by atoms with Crippen molar-refractivity contribution in [3.05, 3.63) is 18.3 Å². The Kier molecular flexibility index (Phi) is 3.61. The molecule has 2 rings (SSSR count). The van der Waals surface area contributed by atoms with Crippen LogP contribution in [-0.2, 0) is 4.79 Å². The summed E-state index contributed by atoms with van der Waals surface area (Å²) in [5.74, 6) is 1.02. The van der Waals surface area contributed by atoms with Crippen molar-refractivity contribution in [1.82, 2.24) is 4.98 Å². The number of carbonyl (C=O) groups is 1. The smallest absolute Gasteiger partial charge is 0.214 e. The van der Waals surface area contributed by atoms with Crippen molar-refractivity contribution in [2.75, 3.05) is 19.1 Å². The van der Waals surface area contributed by atoms with Gasteiger partial charge >= 0.3 is 0 Å². The van der Waals surface area contributed by atoms with E-state index in [0.29, 0.717) is 30.5 Å². The number of ketones is 1. The van der Waals surface area contributed by atoms with Crippen molar-refractivity contribution in [1.29, 1.82) is 0 Å². The van der Waals surface area contributed by atoms with Crippen LogP contribution in [0.5, 0.6) is 5.88 Å². The Hall–Kier alpha value is -1.58. The summed E-state index contributed by atoms with van der Waals surface area (Å²) in [5.41, 5.74) is 1.09. The van der Waals surface area contributed by atoms with Gasteiger partial charge in [-0.15, -0.1) is 0 Å². The number of anilines is 1. The molecule has 1 aromatic rings. The molecule has 1 aromatic heterocycles. The number of hydrogen-bond donors (Lipinski definition) is 0. The Morgan fingerprint density at radius 1 is 1.41 bits per heavy atom. The van der Waals surface area contributed by atoms with Crippen molar-refractivity contribution in [2.24, 2.45) is 0 Å². The summed E-state index contributed by atoms with van der Waals surface area (Å²) < 4.78 is 5.12. The summed E-state index contributed by atoms with van der Waals surface area (Å²) in [5, 5.41) is 0. The van der Waals surface area contributed by atoms with E-state index < -0.39 is 0 Å². The van der Waals surface area contributed by atoms with E-state index >= 15 is 0 Å². The van der Waals surface area contributed by atoms with Crippen LogP contribution in [-0.4, -0.2) is 31.0 Å². The molecule has 1 heterocycles. The first kappa shape index (κ1) is 11.9. The van der Waals surface area contributed by atoms with E-state index in [0.717, 1.165) is 18.5 Å². The Bertz CT molecular complexity index is 396. The molecule has 1 aliphatic carbocycles. The monoisotopic (exact) mass is 234 g/mol. The Morgan fingerprint density at radius 2 is 2.12 bits per heavy atom. The minimum absolute atomic E-state index is 0.391. The number of Topliss-reactive ketones (excluding diaryl/α,β-unsaturated/α-hetero) is 1. The van der Waals surface area contributed by atoms with Gasteiger partial charge in [-0.1, -0.05) is 0 Å². The number of ether oxygens (including phenoxy) is 1. The van der Waals surface area contributed by atoms with Crippen LogP contribution < -0.4 is 9.64 Å². The summed E-state index contributed by atoms with van der Waals surface area (Å²) in [6, 6.07) is 4.34. The highest BCUT2D eigenvalue weighted by atomic mass is 16.5. The lowest BCUT2D eigenvalue weighted by atomic mass is 9.93. The second kappa shape index (κ2) is 5.17. The van der Waals surface area contributed by atoms with Gasteiger partial charge in [0.05, 0.1) is 7.11 Å². The molecule has 0 spiro atoms. The zero-order valence-corrected chi connectivity index (χ0v) is 10.3. The Morgan fingerprint density at radius 3 is 2.76 bits per heavy atom. The zero-order chi connectivity index (χ0) is 12.3. The number of nitrogens with zero attached hydrogens (tertiary/aromatic N) is 2. The van der Waals surface area contributed by atoms with Crippen molar-refractivity contribution >= 4 is 11.5 Å². The van der Waals surface area contributed by atoms with Crippen LogP contribution in [0.3, 0.4) is 0 Å². The predicted molar refractivity (Wildman–Crippen MR) is 66.5 cm³/mol. The third-order valence-corrected chi connectivity index (χ3v) is 3.40. The van der Waals surface area contributed by atoms with Crippen molar-refractivity contribution < 1.29 is 9.53 Å². The van der Waals surface area contributed by atoms with Crippen molar-refractivity contribution in [2.45, 2.75) is 31.7 Å². The molecule has 0 saturated heterocycles. The van der Waals surface area contributed by atoms with Crippen LogP contribution in [0.1, 0.15) is 25.7 Å². The highest BCUT2D eigenvalue weighted by Crippen LogP contribution is 2.25. The number of pyridine rings is 1. The van der Waals surface area contributed by atoms with E-state index in [4.69, 9.17) is 4.74 Å². The lowest BCUT2D eigenvalue weighted by Gasteiger charge is -2.32. The molecule has 4 nitrogen and oxygen atoms in total. The van der Waals surface area contributed by atoms with Gasteiger partial charge in [-0.3, -0.25) is 4.79 Å². The average Bonchev–Trinajstić information content (AvgIpc) is 2.39. The molecule has 4 heteroatoms. The molecule has 1 aliphatic rings. The van der Waals surface area contributed by atoms with Crippen LogP contribution in [0.15, 0.2) is 18.3 Å². The lowest BCUT2D eigenvalue weighted by molar-refractivity contribution is -0.120. The average molecular weight is 234 g/mol. The minimum Gasteiger partial charge on any atom is -0.481 e. The molecule has 0 bridgehead atoms. The highest BCUT2D eigenvalue weighted by molar-refractivity contribution is 5.79. The third-order valence-electron chi connectivity index (χ3n) is 3.40. The predicted octanol–water partition coefficient (Wildman–Crippen LogP) is 2.04. The summed E-state index contributed by atoms with van der Waals surface area (Å²) in [7, 11) is 3.68. The standard InChI is InChI=1S/C13H18N2O2/c1-15(10-3-5-12(16)6-4-10)11-7-8-14-13(9-11)17-2/h7-10H,3-6H2,1-2H3. The summed E-state index contributed by atoms with van der Waals surface area (Å²) in [6.07, 6.45) is 5.05. The molecule has 0 N–H and O–H groups in total. The van der Waals surface area contributed by atoms with Gasteiger partial charge in [-0.2, -0.15) is 0 Å². The van der Waals surface area contributed by atoms with Gasteiger partial charge in [0.1, 0.15) is 5.78 Å². The largest absolute Gasteiger partial charge is 0.481 e. The van der Waals surface area contributed by atoms with Gasteiger partial charge in [-0.05, 0) is 18.9 Å². The lowest BCUT2D eigenvalue weighted by Crippen LogP contribution is -2.35. The number of hydrogen-bond acceptors (Lipinski definition) is 4. The van der Waals surface area contributed by atoms with Gasteiger partial charge in [0, 0.05) is 43.9 Å². The molecule has 0 aromatic carbocycles. The third kappa shape index (κ3) is 2.75. The van der Waals surface area contributed by atoms with Gasteiger partial charge in [0.2, 0.25) is 5.88 Å². The normalized spacial score (nSPS) is 16.9. The van der Waals surface area contributed by atoms with E-state index in [1.54, 1.807) is 13.3 Å². The quantitative estimate of drug-likeness (QED) is 0.802. The number of rotatable bonds is 3. The van der Waals surface area contributed by atoms with E-state index in [2.05, 4.69) is 16.9 Å². The topological polar surface area (TPSA) is 42.4 Å². The zero-order valence-electron chi connectivity index (χ0n) is 10.3. The van der Waals surface area contributed by atoms with Crippen LogP contribution >= 0.6 is 0 Å². The fourth-order valence-electron chi connectivity index (χ4n) is 2.25. The van der Waals surface area contributed by atoms with Gasteiger partial charge in [-0.25, -0.2) is 4.98 Å². The molecule has 0 unspecified atom stereocenters.